The van der Waals surface area contributed by atoms with E-state index in [4.69, 9.17) is 5.26 Å². The van der Waals surface area contributed by atoms with Gasteiger partial charge >= 0.3 is 11.8 Å². The first-order valence-electron chi connectivity index (χ1n) is 4.38. The molecule has 0 atom stereocenters. The summed E-state index contributed by atoms with van der Waals surface area (Å²) in [7, 11) is 0.926. The molecule has 1 heterocycles. The highest BCUT2D eigenvalue weighted by molar-refractivity contribution is 5.92. The standard InChI is InChI=1S/C9H5F2N3O4/c1-18-9(15)4-2-6(14(16)17)13-5(3-12)7(4)8(10)11/h2,8H,1H3. The SMILES string of the molecule is COC(=O)c1cc([N+](=O)[O-])nc(C#N)c1C(F)F. The predicted molar refractivity (Wildman–Crippen MR) is 51.9 cm³/mol. The second kappa shape index (κ2) is 5.13. The van der Waals surface area contributed by atoms with Crippen LogP contribution in [0.3, 0.4) is 0 Å². The van der Waals surface area contributed by atoms with E-state index < -0.39 is 40.0 Å². The fraction of sp³-hybridized carbons (Fsp3) is 0.222. The molecule has 0 fully saturated rings. The van der Waals surface area contributed by atoms with Crippen LogP contribution in [0.4, 0.5) is 14.6 Å². The van der Waals surface area contributed by atoms with Gasteiger partial charge in [-0.05, 0) is 9.91 Å². The molecule has 18 heavy (non-hydrogen) atoms. The number of nitriles is 1. The number of pyridine rings is 1. The summed E-state index contributed by atoms with van der Waals surface area (Å²) in [6.45, 7) is 0. The summed E-state index contributed by atoms with van der Waals surface area (Å²) in [6.07, 6.45) is -3.18. The minimum atomic E-state index is -3.18. The van der Waals surface area contributed by atoms with Gasteiger partial charge in [-0.3, -0.25) is 0 Å². The molecular formula is C9H5F2N3O4. The zero-order chi connectivity index (χ0) is 13.9. The predicted octanol–water partition coefficient (Wildman–Crippen LogP) is 1.59. The van der Waals surface area contributed by atoms with Crippen molar-refractivity contribution in [3.63, 3.8) is 0 Å². The maximum atomic E-state index is 12.7. The van der Waals surface area contributed by atoms with Crippen LogP contribution in [0.15, 0.2) is 6.07 Å². The molecule has 94 valence electrons. The van der Waals surface area contributed by atoms with Crippen LogP contribution in [0.1, 0.15) is 28.0 Å². The summed E-state index contributed by atoms with van der Waals surface area (Å²) in [6, 6.07) is 1.84. The normalized spacial score (nSPS) is 9.94. The number of ether oxygens (including phenoxy) is 1. The van der Waals surface area contributed by atoms with Crippen molar-refractivity contribution in [2.45, 2.75) is 6.43 Å². The van der Waals surface area contributed by atoms with Crippen molar-refractivity contribution in [2.75, 3.05) is 7.11 Å². The second-order valence-electron chi connectivity index (χ2n) is 2.95. The molecular weight excluding hydrogens is 252 g/mol. The molecule has 0 saturated heterocycles. The number of hydrogen-bond acceptors (Lipinski definition) is 6. The van der Waals surface area contributed by atoms with Gasteiger partial charge in [-0.2, -0.15) is 5.26 Å². The van der Waals surface area contributed by atoms with Crippen molar-refractivity contribution in [1.29, 1.82) is 5.26 Å². The largest absolute Gasteiger partial charge is 0.465 e. The summed E-state index contributed by atoms with van der Waals surface area (Å²) >= 11 is 0. The first kappa shape index (κ1) is 13.4. The molecule has 0 N–H and O–H groups in total. The average molecular weight is 257 g/mol. The summed E-state index contributed by atoms with van der Waals surface area (Å²) in [5.74, 6) is -2.08. The lowest BCUT2D eigenvalue weighted by Crippen LogP contribution is -2.11. The van der Waals surface area contributed by atoms with Crippen LogP contribution in [-0.2, 0) is 4.74 Å². The number of halogens is 2. The van der Waals surface area contributed by atoms with Gasteiger partial charge in [-0.1, -0.05) is 0 Å². The van der Waals surface area contributed by atoms with Gasteiger partial charge in [-0.25, -0.2) is 13.6 Å². The number of methoxy groups -OCH3 is 1. The highest BCUT2D eigenvalue weighted by Crippen LogP contribution is 2.28. The number of esters is 1. The van der Waals surface area contributed by atoms with Gasteiger partial charge in [0.15, 0.2) is 0 Å². The Morgan fingerprint density at radius 3 is 2.67 bits per heavy atom. The Morgan fingerprint density at radius 2 is 2.28 bits per heavy atom. The summed E-state index contributed by atoms with van der Waals surface area (Å²) in [4.78, 5) is 23.9. The lowest BCUT2D eigenvalue weighted by atomic mass is 10.1. The highest BCUT2D eigenvalue weighted by Gasteiger charge is 2.30. The number of carbonyl (C=O) groups excluding carboxylic acids is 1. The second-order valence-corrected chi connectivity index (χ2v) is 2.95. The molecule has 0 bridgehead atoms. The third-order valence-electron chi connectivity index (χ3n) is 1.96. The maximum Gasteiger partial charge on any atom is 0.365 e. The van der Waals surface area contributed by atoms with Crippen LogP contribution in [0, 0.1) is 21.4 Å². The number of hydrogen-bond donors (Lipinski definition) is 0. The van der Waals surface area contributed by atoms with Gasteiger partial charge in [0.25, 0.3) is 12.1 Å². The van der Waals surface area contributed by atoms with Gasteiger partial charge in [-0.15, -0.1) is 0 Å². The maximum absolute atomic E-state index is 12.7. The minimum Gasteiger partial charge on any atom is -0.465 e. The van der Waals surface area contributed by atoms with Gasteiger partial charge in [0.05, 0.1) is 24.3 Å². The van der Waals surface area contributed by atoms with Gasteiger partial charge in [0.1, 0.15) is 6.07 Å². The number of nitrogens with zero attached hydrogens (tertiary/aromatic N) is 3. The van der Waals surface area contributed by atoms with E-state index >= 15 is 0 Å². The molecule has 7 nitrogen and oxygen atoms in total. The van der Waals surface area contributed by atoms with E-state index in [1.807, 2.05) is 0 Å². The van der Waals surface area contributed by atoms with Gasteiger partial charge in [0.2, 0.25) is 0 Å². The van der Waals surface area contributed by atoms with Crippen molar-refractivity contribution in [3.05, 3.63) is 33.0 Å². The number of nitro groups is 1. The van der Waals surface area contributed by atoms with Crippen LogP contribution >= 0.6 is 0 Å². The average Bonchev–Trinajstić information content (AvgIpc) is 2.35. The van der Waals surface area contributed by atoms with Crippen molar-refractivity contribution in [2.24, 2.45) is 0 Å². The first-order chi connectivity index (χ1) is 8.42. The van der Waals surface area contributed by atoms with Crippen LogP contribution in [-0.4, -0.2) is 23.0 Å². The van der Waals surface area contributed by atoms with Crippen molar-refractivity contribution < 1.29 is 23.2 Å². The molecule has 1 rings (SSSR count). The minimum absolute atomic E-state index is 0.550. The van der Waals surface area contributed by atoms with E-state index in [9.17, 15) is 23.7 Å². The molecule has 1 aromatic heterocycles. The Bertz CT molecular complexity index is 553. The Hall–Kier alpha value is -2.63. The Labute approximate surface area is 98.8 Å². The molecule has 0 aliphatic rings. The van der Waals surface area contributed by atoms with Crippen molar-refractivity contribution in [3.8, 4) is 6.07 Å². The molecule has 0 unspecified atom stereocenters. The molecule has 0 aliphatic heterocycles. The fourth-order valence-corrected chi connectivity index (χ4v) is 1.22. The summed E-state index contributed by atoms with van der Waals surface area (Å²) < 4.78 is 29.7. The number of alkyl halides is 2. The van der Waals surface area contributed by atoms with Crippen LogP contribution in [0.25, 0.3) is 0 Å². The van der Waals surface area contributed by atoms with Crippen molar-refractivity contribution in [1.82, 2.24) is 4.98 Å². The van der Waals surface area contributed by atoms with Gasteiger partial charge in [0, 0.05) is 0 Å². The van der Waals surface area contributed by atoms with Crippen LogP contribution < -0.4 is 0 Å². The van der Waals surface area contributed by atoms with Gasteiger partial charge < -0.3 is 14.9 Å². The van der Waals surface area contributed by atoms with E-state index in [1.165, 1.54) is 6.07 Å². The Balaban J connectivity index is 3.63. The van der Waals surface area contributed by atoms with Crippen molar-refractivity contribution >= 4 is 11.8 Å². The zero-order valence-electron chi connectivity index (χ0n) is 8.89. The summed E-state index contributed by atoms with van der Waals surface area (Å²) in [5, 5.41) is 19.1. The van der Waals surface area contributed by atoms with E-state index in [1.54, 1.807) is 0 Å². The Morgan fingerprint density at radius 1 is 1.67 bits per heavy atom. The number of aromatic nitrogens is 1. The molecule has 0 aromatic carbocycles. The smallest absolute Gasteiger partial charge is 0.365 e. The lowest BCUT2D eigenvalue weighted by Gasteiger charge is -2.06. The Kier molecular flexibility index (Phi) is 3.83. The third kappa shape index (κ3) is 2.37. The first-order valence-corrected chi connectivity index (χ1v) is 4.38. The van der Waals surface area contributed by atoms with E-state index in [-0.39, 0.29) is 0 Å². The highest BCUT2D eigenvalue weighted by atomic mass is 19.3. The molecule has 0 spiro atoms. The fourth-order valence-electron chi connectivity index (χ4n) is 1.22. The van der Waals surface area contributed by atoms with E-state index in [0.29, 0.717) is 6.07 Å². The molecule has 0 saturated carbocycles. The molecule has 1 aromatic rings. The lowest BCUT2D eigenvalue weighted by molar-refractivity contribution is -0.389. The van der Waals surface area contributed by atoms with E-state index in [2.05, 4.69) is 9.72 Å². The van der Waals surface area contributed by atoms with Crippen LogP contribution in [0.2, 0.25) is 0 Å². The molecule has 0 radical (unpaired) electrons. The molecule has 0 aliphatic carbocycles. The molecule has 0 amide bonds. The summed E-state index contributed by atoms with van der Waals surface area (Å²) in [5.41, 5.74) is -2.60. The monoisotopic (exact) mass is 257 g/mol. The number of carbonyl (C=O) groups is 1. The number of rotatable bonds is 3. The molecule has 9 heteroatoms. The quantitative estimate of drug-likeness (QED) is 0.462. The van der Waals surface area contributed by atoms with E-state index in [0.717, 1.165) is 7.11 Å². The van der Waals surface area contributed by atoms with Crippen LogP contribution in [0.5, 0.6) is 0 Å². The zero-order valence-corrected chi connectivity index (χ0v) is 8.89. The third-order valence-corrected chi connectivity index (χ3v) is 1.96. The topological polar surface area (TPSA) is 106 Å².